The monoisotopic (exact) mass is 174 g/mol. The largest absolute Gasteiger partial charge is 0.287 e. The molecule has 0 heterocycles. The molecule has 0 N–H and O–H groups in total. The van der Waals surface area contributed by atoms with Crippen LogP contribution in [-0.2, 0) is 4.79 Å². The van der Waals surface area contributed by atoms with E-state index in [0.29, 0.717) is 11.0 Å². The Kier molecular flexibility index (Phi) is 6.73. The number of unbranched alkanes of at least 4 members (excludes halogenated alkanes) is 1. The van der Waals surface area contributed by atoms with Crippen molar-refractivity contribution in [2.75, 3.05) is 5.75 Å². The van der Waals surface area contributed by atoms with Gasteiger partial charge in [0.15, 0.2) is 5.12 Å². The molecule has 0 aromatic rings. The van der Waals surface area contributed by atoms with E-state index in [2.05, 4.69) is 20.8 Å². The first-order chi connectivity index (χ1) is 5.16. The van der Waals surface area contributed by atoms with Gasteiger partial charge in [-0.2, -0.15) is 0 Å². The van der Waals surface area contributed by atoms with Crippen molar-refractivity contribution in [2.24, 2.45) is 5.92 Å². The molecule has 0 aliphatic rings. The van der Waals surface area contributed by atoms with Crippen molar-refractivity contribution in [1.82, 2.24) is 0 Å². The second kappa shape index (κ2) is 6.71. The maximum atomic E-state index is 11.1. The number of hydrogen-bond acceptors (Lipinski definition) is 2. The lowest BCUT2D eigenvalue weighted by molar-refractivity contribution is -0.111. The van der Waals surface area contributed by atoms with Crippen LogP contribution >= 0.6 is 11.8 Å². The van der Waals surface area contributed by atoms with Crippen LogP contribution in [0, 0.1) is 5.92 Å². The van der Waals surface area contributed by atoms with Crippen molar-refractivity contribution in [3.8, 4) is 0 Å². The summed E-state index contributed by atoms with van der Waals surface area (Å²) in [5.74, 6) is 1.51. The SMILES string of the molecule is CCCCSC(=O)CC(C)C. The minimum absolute atomic E-state index is 0.355. The van der Waals surface area contributed by atoms with Gasteiger partial charge in [-0.05, 0) is 12.3 Å². The van der Waals surface area contributed by atoms with Crippen molar-refractivity contribution >= 4 is 16.9 Å². The van der Waals surface area contributed by atoms with E-state index in [1.807, 2.05) is 0 Å². The third-order valence-electron chi connectivity index (χ3n) is 1.34. The van der Waals surface area contributed by atoms with E-state index in [0.717, 1.165) is 18.6 Å². The van der Waals surface area contributed by atoms with E-state index in [4.69, 9.17) is 0 Å². The Bertz CT molecular complexity index is 110. The Morgan fingerprint density at radius 2 is 2.09 bits per heavy atom. The van der Waals surface area contributed by atoms with Crippen molar-refractivity contribution < 1.29 is 4.79 Å². The molecule has 0 spiro atoms. The minimum atomic E-state index is 0.355. The van der Waals surface area contributed by atoms with Crippen LogP contribution < -0.4 is 0 Å². The fourth-order valence-electron chi connectivity index (χ4n) is 0.723. The molecule has 11 heavy (non-hydrogen) atoms. The fraction of sp³-hybridized carbons (Fsp3) is 0.889. The number of hydrogen-bond donors (Lipinski definition) is 0. The Hall–Kier alpha value is 0.0200. The van der Waals surface area contributed by atoms with Gasteiger partial charge in [-0.3, -0.25) is 4.79 Å². The Morgan fingerprint density at radius 1 is 1.45 bits per heavy atom. The summed E-state index contributed by atoms with van der Waals surface area (Å²) >= 11 is 1.49. The lowest BCUT2D eigenvalue weighted by Crippen LogP contribution is -1.98. The molecule has 0 unspecified atom stereocenters. The second-order valence-corrected chi connectivity index (χ2v) is 4.32. The first-order valence-electron chi connectivity index (χ1n) is 4.32. The smallest absolute Gasteiger partial charge is 0.189 e. The molecule has 0 fully saturated rings. The Morgan fingerprint density at radius 3 is 2.55 bits per heavy atom. The number of carbonyl (C=O) groups is 1. The van der Waals surface area contributed by atoms with Gasteiger partial charge in [0, 0.05) is 12.2 Å². The van der Waals surface area contributed by atoms with Gasteiger partial charge in [-0.1, -0.05) is 39.0 Å². The average molecular weight is 174 g/mol. The normalized spacial score (nSPS) is 10.5. The van der Waals surface area contributed by atoms with Crippen LogP contribution in [0.4, 0.5) is 0 Å². The Balaban J connectivity index is 3.23. The first kappa shape index (κ1) is 11.0. The third-order valence-corrected chi connectivity index (χ3v) is 2.32. The molecule has 0 bridgehead atoms. The zero-order valence-corrected chi connectivity index (χ0v) is 8.54. The minimum Gasteiger partial charge on any atom is -0.287 e. The summed E-state index contributed by atoms with van der Waals surface area (Å²) in [5.41, 5.74) is 0. The molecule has 0 atom stereocenters. The van der Waals surface area contributed by atoms with Crippen LogP contribution in [0.2, 0.25) is 0 Å². The van der Waals surface area contributed by atoms with E-state index in [1.54, 1.807) is 0 Å². The molecule has 0 saturated heterocycles. The maximum Gasteiger partial charge on any atom is 0.189 e. The average Bonchev–Trinajstić information content (AvgIpc) is 1.86. The van der Waals surface area contributed by atoms with Crippen LogP contribution in [0.5, 0.6) is 0 Å². The van der Waals surface area contributed by atoms with Gasteiger partial charge >= 0.3 is 0 Å². The Labute approximate surface area is 73.9 Å². The van der Waals surface area contributed by atoms with Gasteiger partial charge < -0.3 is 0 Å². The van der Waals surface area contributed by atoms with Crippen molar-refractivity contribution in [3.63, 3.8) is 0 Å². The molecule has 0 aliphatic carbocycles. The lowest BCUT2D eigenvalue weighted by atomic mass is 10.2. The molecule has 0 aromatic heterocycles. The zero-order chi connectivity index (χ0) is 8.69. The van der Waals surface area contributed by atoms with Gasteiger partial charge in [-0.25, -0.2) is 0 Å². The van der Waals surface area contributed by atoms with Crippen molar-refractivity contribution in [1.29, 1.82) is 0 Å². The lowest BCUT2D eigenvalue weighted by Gasteiger charge is -2.01. The van der Waals surface area contributed by atoms with Gasteiger partial charge in [-0.15, -0.1) is 0 Å². The number of thioether (sulfide) groups is 1. The molecule has 66 valence electrons. The van der Waals surface area contributed by atoms with E-state index in [9.17, 15) is 4.79 Å². The highest BCUT2D eigenvalue weighted by atomic mass is 32.2. The molecule has 0 aromatic carbocycles. The summed E-state index contributed by atoms with van der Waals surface area (Å²) in [4.78, 5) is 11.1. The quantitative estimate of drug-likeness (QED) is 0.596. The van der Waals surface area contributed by atoms with Crippen LogP contribution in [0.15, 0.2) is 0 Å². The van der Waals surface area contributed by atoms with Crippen LogP contribution in [0.3, 0.4) is 0 Å². The summed E-state index contributed by atoms with van der Waals surface area (Å²) in [6.45, 7) is 6.31. The molecule has 0 amide bonds. The van der Waals surface area contributed by atoms with Gasteiger partial charge in [0.25, 0.3) is 0 Å². The van der Waals surface area contributed by atoms with Gasteiger partial charge in [0.05, 0.1) is 0 Å². The van der Waals surface area contributed by atoms with E-state index in [-0.39, 0.29) is 0 Å². The fourth-order valence-corrected chi connectivity index (χ4v) is 1.83. The summed E-state index contributed by atoms with van der Waals surface area (Å²) in [7, 11) is 0. The van der Waals surface area contributed by atoms with Crippen molar-refractivity contribution in [2.45, 2.75) is 40.0 Å². The maximum absolute atomic E-state index is 11.1. The molecule has 0 aliphatic heterocycles. The van der Waals surface area contributed by atoms with E-state index < -0.39 is 0 Å². The first-order valence-corrected chi connectivity index (χ1v) is 5.31. The van der Waals surface area contributed by atoms with Crippen LogP contribution in [-0.4, -0.2) is 10.9 Å². The predicted molar refractivity (Wildman–Crippen MR) is 51.8 cm³/mol. The second-order valence-electron chi connectivity index (χ2n) is 3.17. The highest BCUT2D eigenvalue weighted by Crippen LogP contribution is 2.12. The van der Waals surface area contributed by atoms with Gasteiger partial charge in [0.1, 0.15) is 0 Å². The van der Waals surface area contributed by atoms with Crippen molar-refractivity contribution in [3.05, 3.63) is 0 Å². The molecule has 2 heteroatoms. The molecular formula is C9H18OS. The molecule has 1 nitrogen and oxygen atoms in total. The van der Waals surface area contributed by atoms with E-state index in [1.165, 1.54) is 18.2 Å². The van der Waals surface area contributed by atoms with E-state index >= 15 is 0 Å². The highest BCUT2D eigenvalue weighted by Gasteiger charge is 2.04. The van der Waals surface area contributed by atoms with Gasteiger partial charge in [0.2, 0.25) is 0 Å². The summed E-state index contributed by atoms with van der Waals surface area (Å²) in [5, 5.41) is 0.355. The zero-order valence-electron chi connectivity index (χ0n) is 7.72. The predicted octanol–water partition coefficient (Wildman–Crippen LogP) is 3.09. The van der Waals surface area contributed by atoms with Crippen LogP contribution in [0.1, 0.15) is 40.0 Å². The molecular weight excluding hydrogens is 156 g/mol. The molecule has 0 rings (SSSR count). The summed E-state index contributed by atoms with van der Waals surface area (Å²) in [6, 6.07) is 0. The third kappa shape index (κ3) is 7.92. The number of rotatable bonds is 5. The molecule has 0 radical (unpaired) electrons. The standard InChI is InChI=1S/C9H18OS/c1-4-5-6-11-9(10)7-8(2)3/h8H,4-7H2,1-3H3. The van der Waals surface area contributed by atoms with Crippen LogP contribution in [0.25, 0.3) is 0 Å². The molecule has 0 saturated carbocycles. The summed E-state index contributed by atoms with van der Waals surface area (Å²) in [6.07, 6.45) is 3.07. The highest BCUT2D eigenvalue weighted by molar-refractivity contribution is 8.13. The summed E-state index contributed by atoms with van der Waals surface area (Å²) < 4.78 is 0. The topological polar surface area (TPSA) is 17.1 Å². The number of carbonyl (C=O) groups excluding carboxylic acids is 1.